The number of carbonyl (C=O) groups is 1. The standard InChI is InChI=1S/C15H12Br2O4/c1-20-14(18)15(21-19,10-2-6-12(16)7-3-10)11-4-8-13(17)9-5-11/h2-9,19H,1H3. The summed E-state index contributed by atoms with van der Waals surface area (Å²) in [6.07, 6.45) is 0. The Morgan fingerprint density at radius 1 is 0.952 bits per heavy atom. The van der Waals surface area contributed by atoms with Crippen molar-refractivity contribution in [2.24, 2.45) is 0 Å². The maximum atomic E-state index is 12.3. The molecule has 0 amide bonds. The highest BCUT2D eigenvalue weighted by atomic mass is 79.9. The van der Waals surface area contributed by atoms with Gasteiger partial charge in [-0.05, 0) is 24.3 Å². The molecule has 6 heteroatoms. The van der Waals surface area contributed by atoms with Gasteiger partial charge in [-0.2, -0.15) is 0 Å². The van der Waals surface area contributed by atoms with Gasteiger partial charge in [0.2, 0.25) is 5.60 Å². The fourth-order valence-electron chi connectivity index (χ4n) is 2.06. The van der Waals surface area contributed by atoms with Crippen molar-refractivity contribution in [2.75, 3.05) is 7.11 Å². The van der Waals surface area contributed by atoms with E-state index in [4.69, 9.17) is 4.74 Å². The van der Waals surface area contributed by atoms with Gasteiger partial charge >= 0.3 is 5.97 Å². The highest BCUT2D eigenvalue weighted by molar-refractivity contribution is 9.10. The van der Waals surface area contributed by atoms with E-state index in [0.29, 0.717) is 11.1 Å². The molecule has 0 radical (unpaired) electrons. The molecule has 21 heavy (non-hydrogen) atoms. The average molecular weight is 416 g/mol. The molecule has 1 N–H and O–H groups in total. The van der Waals surface area contributed by atoms with E-state index in [1.165, 1.54) is 7.11 Å². The van der Waals surface area contributed by atoms with E-state index in [1.807, 2.05) is 0 Å². The second-order valence-corrected chi connectivity index (χ2v) is 6.11. The van der Waals surface area contributed by atoms with Crippen LogP contribution in [0.15, 0.2) is 57.5 Å². The molecule has 2 rings (SSSR count). The summed E-state index contributed by atoms with van der Waals surface area (Å²) in [5.74, 6) is -0.713. The van der Waals surface area contributed by atoms with Gasteiger partial charge in [0.05, 0.1) is 7.11 Å². The first-order valence-corrected chi connectivity index (χ1v) is 7.56. The van der Waals surface area contributed by atoms with E-state index in [9.17, 15) is 10.1 Å². The van der Waals surface area contributed by atoms with Crippen molar-refractivity contribution in [3.05, 3.63) is 68.6 Å². The van der Waals surface area contributed by atoms with Gasteiger partial charge < -0.3 is 4.74 Å². The summed E-state index contributed by atoms with van der Waals surface area (Å²) in [4.78, 5) is 16.9. The zero-order valence-electron chi connectivity index (χ0n) is 11.0. The Hall–Kier alpha value is -1.21. The second kappa shape index (κ2) is 6.70. The molecule has 0 aliphatic rings. The second-order valence-electron chi connectivity index (χ2n) is 4.28. The lowest BCUT2D eigenvalue weighted by molar-refractivity contribution is -0.310. The summed E-state index contributed by atoms with van der Waals surface area (Å²) in [5.41, 5.74) is -0.805. The molecule has 0 fully saturated rings. The van der Waals surface area contributed by atoms with Gasteiger partial charge in [-0.3, -0.25) is 0 Å². The summed E-state index contributed by atoms with van der Waals surface area (Å²) in [5, 5.41) is 9.50. The molecule has 0 atom stereocenters. The van der Waals surface area contributed by atoms with Gasteiger partial charge in [0.25, 0.3) is 0 Å². The van der Waals surface area contributed by atoms with Crippen LogP contribution in [-0.2, 0) is 20.0 Å². The van der Waals surface area contributed by atoms with Crippen molar-refractivity contribution in [1.82, 2.24) is 0 Å². The molecule has 2 aromatic carbocycles. The Balaban J connectivity index is 2.66. The van der Waals surface area contributed by atoms with E-state index >= 15 is 0 Å². The van der Waals surface area contributed by atoms with Crippen molar-refractivity contribution in [3.8, 4) is 0 Å². The zero-order valence-corrected chi connectivity index (χ0v) is 14.2. The van der Waals surface area contributed by atoms with Crippen LogP contribution in [0.25, 0.3) is 0 Å². The summed E-state index contributed by atoms with van der Waals surface area (Å²) >= 11 is 6.66. The molecule has 0 aliphatic carbocycles. The first-order chi connectivity index (χ1) is 10.0. The predicted octanol–water partition coefficient (Wildman–Crippen LogP) is 4.12. The van der Waals surface area contributed by atoms with Crippen molar-refractivity contribution < 1.29 is 19.7 Å². The third kappa shape index (κ3) is 3.03. The molecule has 0 spiro atoms. The number of benzene rings is 2. The summed E-state index contributed by atoms with van der Waals surface area (Å²) < 4.78 is 6.52. The largest absolute Gasteiger partial charge is 0.466 e. The quantitative estimate of drug-likeness (QED) is 0.463. The molecular weight excluding hydrogens is 404 g/mol. The number of ether oxygens (including phenoxy) is 1. The smallest absolute Gasteiger partial charge is 0.351 e. The van der Waals surface area contributed by atoms with E-state index in [1.54, 1.807) is 48.5 Å². The number of rotatable bonds is 4. The topological polar surface area (TPSA) is 55.8 Å². The fraction of sp³-hybridized carbons (Fsp3) is 0.133. The van der Waals surface area contributed by atoms with Crippen LogP contribution in [0.5, 0.6) is 0 Å². The van der Waals surface area contributed by atoms with Crippen molar-refractivity contribution in [1.29, 1.82) is 0 Å². The minimum Gasteiger partial charge on any atom is -0.466 e. The lowest BCUT2D eigenvalue weighted by Crippen LogP contribution is -2.40. The number of halogens is 2. The molecule has 0 saturated carbocycles. The van der Waals surface area contributed by atoms with Crippen molar-refractivity contribution in [3.63, 3.8) is 0 Å². The molecule has 0 unspecified atom stereocenters. The molecule has 2 aromatic rings. The van der Waals surface area contributed by atoms with Crippen LogP contribution in [0.2, 0.25) is 0 Å². The maximum Gasteiger partial charge on any atom is 0.351 e. The van der Waals surface area contributed by atoms with E-state index in [-0.39, 0.29) is 0 Å². The zero-order chi connectivity index (χ0) is 15.5. The third-order valence-corrected chi connectivity index (χ3v) is 4.17. The van der Waals surface area contributed by atoms with Gasteiger partial charge in [0, 0.05) is 20.1 Å². The van der Waals surface area contributed by atoms with Crippen LogP contribution in [0.3, 0.4) is 0 Å². The molecule has 0 aromatic heterocycles. The van der Waals surface area contributed by atoms with Crippen LogP contribution in [-0.4, -0.2) is 18.3 Å². The maximum absolute atomic E-state index is 12.3. The summed E-state index contributed by atoms with van der Waals surface area (Å²) in [6, 6.07) is 13.7. The predicted molar refractivity (Wildman–Crippen MR) is 84.8 cm³/mol. The number of methoxy groups -OCH3 is 1. The number of hydrogen-bond donors (Lipinski definition) is 1. The Morgan fingerprint density at radius 2 is 1.33 bits per heavy atom. The van der Waals surface area contributed by atoms with Crippen molar-refractivity contribution in [2.45, 2.75) is 5.60 Å². The SMILES string of the molecule is COC(=O)C(OO)(c1ccc(Br)cc1)c1ccc(Br)cc1. The Bertz CT molecular complexity index is 578. The first kappa shape index (κ1) is 16.2. The Morgan fingerprint density at radius 3 is 1.62 bits per heavy atom. The van der Waals surface area contributed by atoms with Gasteiger partial charge in [-0.15, -0.1) is 0 Å². The Kier molecular flexibility index (Phi) is 5.16. The molecule has 0 saturated heterocycles. The van der Waals surface area contributed by atoms with Gasteiger partial charge in [0.15, 0.2) is 0 Å². The molecule has 0 aliphatic heterocycles. The monoisotopic (exact) mass is 414 g/mol. The first-order valence-electron chi connectivity index (χ1n) is 5.97. The van der Waals surface area contributed by atoms with Crippen molar-refractivity contribution >= 4 is 37.8 Å². The van der Waals surface area contributed by atoms with Crippen LogP contribution in [0.1, 0.15) is 11.1 Å². The molecule has 0 bridgehead atoms. The highest BCUT2D eigenvalue weighted by Crippen LogP contribution is 2.35. The lowest BCUT2D eigenvalue weighted by atomic mass is 9.86. The van der Waals surface area contributed by atoms with Gasteiger partial charge in [0.1, 0.15) is 0 Å². The third-order valence-electron chi connectivity index (χ3n) is 3.11. The minimum absolute atomic E-state index is 0.461. The van der Waals surface area contributed by atoms with Gasteiger partial charge in [-0.25, -0.2) is 14.9 Å². The average Bonchev–Trinajstić information content (AvgIpc) is 2.51. The Labute approximate surface area is 138 Å². The lowest BCUT2D eigenvalue weighted by Gasteiger charge is -2.28. The summed E-state index contributed by atoms with van der Waals surface area (Å²) in [6.45, 7) is 0. The normalized spacial score (nSPS) is 11.2. The number of hydrogen-bond acceptors (Lipinski definition) is 4. The van der Waals surface area contributed by atoms with Gasteiger partial charge in [-0.1, -0.05) is 56.1 Å². The van der Waals surface area contributed by atoms with Crippen LogP contribution in [0.4, 0.5) is 0 Å². The minimum atomic E-state index is -1.73. The van der Waals surface area contributed by atoms with E-state index in [0.717, 1.165) is 8.95 Å². The van der Waals surface area contributed by atoms with Crippen LogP contribution in [0, 0.1) is 0 Å². The van der Waals surface area contributed by atoms with Crippen LogP contribution < -0.4 is 0 Å². The van der Waals surface area contributed by atoms with E-state index < -0.39 is 11.6 Å². The van der Waals surface area contributed by atoms with E-state index in [2.05, 4.69) is 36.7 Å². The van der Waals surface area contributed by atoms with Crippen LogP contribution >= 0.6 is 31.9 Å². The summed E-state index contributed by atoms with van der Waals surface area (Å²) in [7, 11) is 1.24. The molecule has 0 heterocycles. The number of esters is 1. The highest BCUT2D eigenvalue weighted by Gasteiger charge is 2.45. The number of carbonyl (C=O) groups excluding carboxylic acids is 1. The molecule has 110 valence electrons. The fourth-order valence-corrected chi connectivity index (χ4v) is 2.59. The molecule has 4 nitrogen and oxygen atoms in total. The molecular formula is C15H12Br2O4.